The number of hydrogen-bond donors (Lipinski definition) is 1. The van der Waals surface area contributed by atoms with E-state index in [2.05, 4.69) is 20.4 Å². The standard InChI is InChI=1S/C28H33N5O3/c1-20-7-2-5-10-24(20)27-30-25(36-31-27)19-32-15-12-21(13-16-32)28(35)29-17-22-8-3-4-9-23(22)18-33-14-6-11-26(33)34/h2-5,7-10,21H,6,11-19H2,1H3,(H,29,35). The van der Waals surface area contributed by atoms with E-state index in [0.29, 0.717) is 37.8 Å². The second kappa shape index (κ2) is 11.0. The van der Waals surface area contributed by atoms with Crippen LogP contribution in [0.3, 0.4) is 0 Å². The highest BCUT2D eigenvalue weighted by Gasteiger charge is 2.26. The molecule has 3 heterocycles. The van der Waals surface area contributed by atoms with Gasteiger partial charge >= 0.3 is 0 Å². The second-order valence-electron chi connectivity index (χ2n) is 9.78. The van der Waals surface area contributed by atoms with Crippen molar-refractivity contribution in [1.29, 1.82) is 0 Å². The van der Waals surface area contributed by atoms with Crippen LogP contribution in [0.1, 0.15) is 48.3 Å². The first kappa shape index (κ1) is 24.2. The van der Waals surface area contributed by atoms with Crippen LogP contribution in [-0.4, -0.2) is 51.4 Å². The Morgan fingerprint density at radius 1 is 1.03 bits per heavy atom. The summed E-state index contributed by atoms with van der Waals surface area (Å²) in [5, 5.41) is 7.29. The molecule has 0 spiro atoms. The van der Waals surface area contributed by atoms with Gasteiger partial charge in [0.25, 0.3) is 0 Å². The third-order valence-electron chi connectivity index (χ3n) is 7.28. The number of piperidine rings is 1. The van der Waals surface area contributed by atoms with Crippen molar-refractivity contribution in [3.05, 3.63) is 71.1 Å². The summed E-state index contributed by atoms with van der Waals surface area (Å²) in [4.78, 5) is 33.7. The van der Waals surface area contributed by atoms with Gasteiger partial charge in [0.15, 0.2) is 0 Å². The maximum absolute atomic E-state index is 12.9. The molecule has 0 aliphatic carbocycles. The molecule has 2 aliphatic rings. The van der Waals surface area contributed by atoms with Crippen LogP contribution in [0.5, 0.6) is 0 Å². The lowest BCUT2D eigenvalue weighted by molar-refractivity contribution is -0.128. The number of benzene rings is 2. The summed E-state index contributed by atoms with van der Waals surface area (Å²) in [6, 6.07) is 16.1. The quantitative estimate of drug-likeness (QED) is 0.521. The molecular formula is C28H33N5O3. The summed E-state index contributed by atoms with van der Waals surface area (Å²) in [7, 11) is 0. The Hall–Kier alpha value is -3.52. The minimum Gasteiger partial charge on any atom is -0.352 e. The SMILES string of the molecule is Cc1ccccc1-c1noc(CN2CCC(C(=O)NCc3ccccc3CN3CCCC3=O)CC2)n1. The Bertz CT molecular complexity index is 1220. The molecule has 2 saturated heterocycles. The van der Waals surface area contributed by atoms with Crippen molar-refractivity contribution in [3.63, 3.8) is 0 Å². The molecule has 8 heteroatoms. The largest absolute Gasteiger partial charge is 0.352 e. The molecule has 2 aromatic carbocycles. The number of nitrogens with one attached hydrogen (secondary N) is 1. The molecule has 8 nitrogen and oxygen atoms in total. The van der Waals surface area contributed by atoms with E-state index < -0.39 is 0 Å². The van der Waals surface area contributed by atoms with E-state index in [1.165, 1.54) is 0 Å². The minimum atomic E-state index is -0.00112. The van der Waals surface area contributed by atoms with Crippen molar-refractivity contribution in [1.82, 2.24) is 25.3 Å². The molecule has 0 radical (unpaired) electrons. The molecule has 188 valence electrons. The number of likely N-dealkylation sites (tertiary alicyclic amines) is 2. The molecule has 0 bridgehead atoms. The summed E-state index contributed by atoms with van der Waals surface area (Å²) >= 11 is 0. The zero-order valence-corrected chi connectivity index (χ0v) is 20.8. The minimum absolute atomic E-state index is 0.00112. The molecule has 5 rings (SSSR count). The van der Waals surface area contributed by atoms with Crippen molar-refractivity contribution in [3.8, 4) is 11.4 Å². The lowest BCUT2D eigenvalue weighted by Gasteiger charge is -2.30. The number of carbonyl (C=O) groups excluding carboxylic acids is 2. The van der Waals surface area contributed by atoms with Gasteiger partial charge in [-0.15, -0.1) is 0 Å². The van der Waals surface area contributed by atoms with Crippen molar-refractivity contribution < 1.29 is 14.1 Å². The average Bonchev–Trinajstić information content (AvgIpc) is 3.53. The maximum atomic E-state index is 12.9. The number of carbonyl (C=O) groups is 2. The van der Waals surface area contributed by atoms with Crippen LogP contribution < -0.4 is 5.32 Å². The van der Waals surface area contributed by atoms with Crippen LogP contribution in [-0.2, 0) is 29.2 Å². The van der Waals surface area contributed by atoms with Crippen molar-refractivity contribution in [2.24, 2.45) is 5.92 Å². The van der Waals surface area contributed by atoms with Gasteiger partial charge in [0.1, 0.15) is 0 Å². The van der Waals surface area contributed by atoms with Gasteiger partial charge in [0, 0.05) is 37.5 Å². The first-order valence-electron chi connectivity index (χ1n) is 12.8. The van der Waals surface area contributed by atoms with Crippen LogP contribution in [0, 0.1) is 12.8 Å². The molecule has 2 fully saturated rings. The number of rotatable bonds is 8. The summed E-state index contributed by atoms with van der Waals surface area (Å²) in [6.07, 6.45) is 3.16. The van der Waals surface area contributed by atoms with Crippen molar-refractivity contribution in [2.75, 3.05) is 19.6 Å². The summed E-state index contributed by atoms with van der Waals surface area (Å²) < 4.78 is 5.50. The zero-order valence-electron chi connectivity index (χ0n) is 20.8. The Morgan fingerprint density at radius 3 is 2.53 bits per heavy atom. The van der Waals surface area contributed by atoms with Crippen LogP contribution in [0.15, 0.2) is 53.1 Å². The van der Waals surface area contributed by atoms with E-state index in [1.807, 2.05) is 60.4 Å². The van der Waals surface area contributed by atoms with Gasteiger partial charge in [-0.2, -0.15) is 4.98 Å². The van der Waals surface area contributed by atoms with Gasteiger partial charge in [0.05, 0.1) is 6.54 Å². The van der Waals surface area contributed by atoms with Crippen LogP contribution in [0.25, 0.3) is 11.4 Å². The smallest absolute Gasteiger partial charge is 0.241 e. The van der Waals surface area contributed by atoms with Crippen molar-refractivity contribution in [2.45, 2.75) is 52.2 Å². The number of nitrogens with zero attached hydrogens (tertiary/aromatic N) is 4. The Morgan fingerprint density at radius 2 is 1.78 bits per heavy atom. The van der Waals surface area contributed by atoms with Crippen LogP contribution in [0.4, 0.5) is 0 Å². The third kappa shape index (κ3) is 5.65. The van der Waals surface area contributed by atoms with E-state index in [9.17, 15) is 9.59 Å². The Kier molecular flexibility index (Phi) is 7.41. The van der Waals surface area contributed by atoms with E-state index >= 15 is 0 Å². The fourth-order valence-corrected chi connectivity index (χ4v) is 5.08. The Labute approximate surface area is 211 Å². The molecule has 3 aromatic rings. The molecule has 2 amide bonds. The van der Waals surface area contributed by atoms with E-state index in [-0.39, 0.29) is 17.7 Å². The van der Waals surface area contributed by atoms with Gasteiger partial charge in [-0.1, -0.05) is 53.7 Å². The first-order chi connectivity index (χ1) is 17.6. The van der Waals surface area contributed by atoms with Gasteiger partial charge in [-0.3, -0.25) is 14.5 Å². The highest BCUT2D eigenvalue weighted by molar-refractivity contribution is 5.79. The van der Waals surface area contributed by atoms with Crippen molar-refractivity contribution >= 4 is 11.8 Å². The number of aryl methyl sites for hydroxylation is 1. The van der Waals surface area contributed by atoms with Gasteiger partial charge in [-0.25, -0.2) is 0 Å². The van der Waals surface area contributed by atoms with Gasteiger partial charge in [0.2, 0.25) is 23.5 Å². The highest BCUT2D eigenvalue weighted by Crippen LogP contribution is 2.23. The number of amides is 2. The molecule has 1 N–H and O–H groups in total. The molecule has 0 unspecified atom stereocenters. The average molecular weight is 488 g/mol. The summed E-state index contributed by atoms with van der Waals surface area (Å²) in [5.41, 5.74) is 4.27. The lowest BCUT2D eigenvalue weighted by atomic mass is 9.95. The number of hydrogen-bond acceptors (Lipinski definition) is 6. The fourth-order valence-electron chi connectivity index (χ4n) is 5.08. The van der Waals surface area contributed by atoms with E-state index in [0.717, 1.165) is 61.2 Å². The number of aromatic nitrogens is 2. The van der Waals surface area contributed by atoms with Gasteiger partial charge in [-0.05, 0) is 56.0 Å². The summed E-state index contributed by atoms with van der Waals surface area (Å²) in [6.45, 7) is 6.17. The monoisotopic (exact) mass is 487 g/mol. The first-order valence-corrected chi connectivity index (χ1v) is 12.8. The molecule has 0 atom stereocenters. The summed E-state index contributed by atoms with van der Waals surface area (Å²) in [5.74, 6) is 1.53. The molecule has 36 heavy (non-hydrogen) atoms. The lowest BCUT2D eigenvalue weighted by Crippen LogP contribution is -2.40. The molecule has 0 saturated carbocycles. The predicted octanol–water partition coefficient (Wildman–Crippen LogP) is 3.70. The topological polar surface area (TPSA) is 91.6 Å². The second-order valence-corrected chi connectivity index (χ2v) is 9.78. The fraction of sp³-hybridized carbons (Fsp3) is 0.429. The zero-order chi connectivity index (χ0) is 24.9. The van der Waals surface area contributed by atoms with E-state index in [4.69, 9.17) is 4.52 Å². The Balaban J connectivity index is 1.10. The molecule has 1 aromatic heterocycles. The van der Waals surface area contributed by atoms with E-state index in [1.54, 1.807) is 0 Å². The predicted molar refractivity (Wildman–Crippen MR) is 135 cm³/mol. The third-order valence-corrected chi connectivity index (χ3v) is 7.28. The van der Waals surface area contributed by atoms with Gasteiger partial charge < -0.3 is 14.7 Å². The highest BCUT2D eigenvalue weighted by atomic mass is 16.5. The molecular weight excluding hydrogens is 454 g/mol. The molecule has 2 aliphatic heterocycles. The maximum Gasteiger partial charge on any atom is 0.241 e. The van der Waals surface area contributed by atoms with Crippen LogP contribution >= 0.6 is 0 Å². The normalized spacial score (nSPS) is 17.0. The van der Waals surface area contributed by atoms with Crippen LogP contribution in [0.2, 0.25) is 0 Å².